The van der Waals surface area contributed by atoms with Gasteiger partial charge in [-0.25, -0.2) is 13.1 Å². The molecule has 2 saturated heterocycles. The Labute approximate surface area is 143 Å². The van der Waals surface area contributed by atoms with Crippen molar-refractivity contribution in [2.24, 2.45) is 0 Å². The third kappa shape index (κ3) is 4.12. The van der Waals surface area contributed by atoms with Gasteiger partial charge < -0.3 is 5.32 Å². The van der Waals surface area contributed by atoms with Crippen molar-refractivity contribution in [1.82, 2.24) is 10.0 Å². The van der Waals surface area contributed by atoms with E-state index in [4.69, 9.17) is 0 Å². The Morgan fingerprint density at radius 3 is 2.52 bits per heavy atom. The van der Waals surface area contributed by atoms with Crippen LogP contribution in [-0.2, 0) is 10.0 Å². The molecule has 0 amide bonds. The molecule has 2 fully saturated rings. The number of halogens is 1. The van der Waals surface area contributed by atoms with Crippen molar-refractivity contribution in [2.75, 3.05) is 0 Å². The fourth-order valence-electron chi connectivity index (χ4n) is 3.48. The zero-order chi connectivity index (χ0) is 15.7. The monoisotopic (exact) mass is 358 g/mol. The van der Waals surface area contributed by atoms with Crippen LogP contribution in [0.3, 0.4) is 0 Å². The first kappa shape index (κ1) is 18.4. The fraction of sp³-hybridized carbons (Fsp3) is 0.562. The average Bonchev–Trinajstić information content (AvgIpc) is 2.85. The second kappa shape index (κ2) is 7.30. The summed E-state index contributed by atoms with van der Waals surface area (Å²) in [6.07, 6.45) is 4.30. The van der Waals surface area contributed by atoms with Gasteiger partial charge in [0.2, 0.25) is 10.0 Å². The van der Waals surface area contributed by atoms with Crippen LogP contribution in [0, 0.1) is 0 Å². The van der Waals surface area contributed by atoms with Gasteiger partial charge in [-0.05, 0) is 37.8 Å². The SMILES string of the molecule is CCC(=O)c1cccc(S(=O)(=O)NC2CC3CCC(C2)N3)c1.Cl. The average molecular weight is 359 g/mol. The lowest BCUT2D eigenvalue weighted by Crippen LogP contribution is -2.47. The van der Waals surface area contributed by atoms with E-state index in [1.165, 1.54) is 6.07 Å². The third-order valence-electron chi connectivity index (χ3n) is 4.58. The summed E-state index contributed by atoms with van der Waals surface area (Å²) in [5, 5.41) is 3.50. The molecule has 7 heteroatoms. The van der Waals surface area contributed by atoms with Crippen molar-refractivity contribution in [3.05, 3.63) is 29.8 Å². The van der Waals surface area contributed by atoms with Crippen molar-refractivity contribution >= 4 is 28.2 Å². The van der Waals surface area contributed by atoms with Gasteiger partial charge in [-0.2, -0.15) is 0 Å². The van der Waals surface area contributed by atoms with Crippen LogP contribution in [0.2, 0.25) is 0 Å². The van der Waals surface area contributed by atoms with Gasteiger partial charge in [0.1, 0.15) is 0 Å². The largest absolute Gasteiger partial charge is 0.311 e. The van der Waals surface area contributed by atoms with Crippen LogP contribution in [0.4, 0.5) is 0 Å². The van der Waals surface area contributed by atoms with Crippen molar-refractivity contribution in [1.29, 1.82) is 0 Å². The highest BCUT2D eigenvalue weighted by Crippen LogP contribution is 2.27. The fourth-order valence-corrected chi connectivity index (χ4v) is 4.79. The number of hydrogen-bond donors (Lipinski definition) is 2. The van der Waals surface area contributed by atoms with Crippen LogP contribution in [0.15, 0.2) is 29.2 Å². The summed E-state index contributed by atoms with van der Waals surface area (Å²) in [6.45, 7) is 1.77. The Hall–Kier alpha value is -0.950. The van der Waals surface area contributed by atoms with Crippen LogP contribution in [0.1, 0.15) is 49.4 Å². The zero-order valence-electron chi connectivity index (χ0n) is 13.1. The van der Waals surface area contributed by atoms with E-state index < -0.39 is 10.0 Å². The molecule has 2 unspecified atom stereocenters. The standard InChI is InChI=1S/C16H22N2O3S.ClH/c1-2-16(19)11-4-3-5-15(8-11)22(20,21)18-14-9-12-6-7-13(10-14)17-12;/h3-5,8,12-14,17-18H,2,6-7,9-10H2,1H3;1H. The predicted molar refractivity (Wildman–Crippen MR) is 91.6 cm³/mol. The Morgan fingerprint density at radius 1 is 1.26 bits per heavy atom. The quantitative estimate of drug-likeness (QED) is 0.792. The molecule has 2 atom stereocenters. The normalized spacial score (nSPS) is 26.6. The molecule has 128 valence electrons. The van der Waals surface area contributed by atoms with E-state index in [0.717, 1.165) is 25.7 Å². The number of hydrogen-bond acceptors (Lipinski definition) is 4. The van der Waals surface area contributed by atoms with Gasteiger partial charge >= 0.3 is 0 Å². The summed E-state index contributed by atoms with van der Waals surface area (Å²) in [4.78, 5) is 11.9. The number of benzene rings is 1. The summed E-state index contributed by atoms with van der Waals surface area (Å²) in [7, 11) is -3.57. The number of carbonyl (C=O) groups excluding carboxylic acids is 1. The first-order chi connectivity index (χ1) is 10.5. The molecule has 2 heterocycles. The van der Waals surface area contributed by atoms with Gasteiger partial charge in [-0.3, -0.25) is 4.79 Å². The highest BCUT2D eigenvalue weighted by Gasteiger charge is 2.35. The summed E-state index contributed by atoms with van der Waals surface area (Å²) >= 11 is 0. The summed E-state index contributed by atoms with van der Waals surface area (Å²) in [5.41, 5.74) is 0.454. The van der Waals surface area contributed by atoms with Gasteiger partial charge in [0.05, 0.1) is 4.90 Å². The molecule has 0 aromatic heterocycles. The lowest BCUT2D eigenvalue weighted by atomic mass is 10.0. The van der Waals surface area contributed by atoms with Crippen molar-refractivity contribution < 1.29 is 13.2 Å². The van der Waals surface area contributed by atoms with Crippen LogP contribution >= 0.6 is 12.4 Å². The molecule has 0 radical (unpaired) electrons. The molecule has 2 aliphatic heterocycles. The molecule has 1 aromatic carbocycles. The first-order valence-corrected chi connectivity index (χ1v) is 9.38. The molecular formula is C16H23ClN2O3S. The predicted octanol–water partition coefficient (Wildman–Crippen LogP) is 2.26. The lowest BCUT2D eigenvalue weighted by Gasteiger charge is -2.29. The molecule has 2 aliphatic rings. The molecule has 2 N–H and O–H groups in total. The summed E-state index contributed by atoms with van der Waals surface area (Å²) < 4.78 is 27.9. The Bertz CT molecular complexity index is 666. The molecule has 2 bridgehead atoms. The number of Topliss-reactive ketones (excluding diaryl/α,β-unsaturated/α-hetero) is 1. The maximum absolute atomic E-state index is 12.6. The maximum Gasteiger partial charge on any atom is 0.240 e. The minimum absolute atomic E-state index is 0. The van der Waals surface area contributed by atoms with Gasteiger partial charge in [0.25, 0.3) is 0 Å². The molecule has 1 aromatic rings. The second-order valence-electron chi connectivity index (χ2n) is 6.23. The molecule has 3 rings (SSSR count). The van der Waals surface area contributed by atoms with Crippen molar-refractivity contribution in [3.63, 3.8) is 0 Å². The first-order valence-electron chi connectivity index (χ1n) is 7.89. The van der Waals surface area contributed by atoms with Crippen LogP contribution in [0.25, 0.3) is 0 Å². The lowest BCUT2D eigenvalue weighted by molar-refractivity contribution is 0.0988. The van der Waals surface area contributed by atoms with Crippen LogP contribution in [0.5, 0.6) is 0 Å². The number of ketones is 1. The van der Waals surface area contributed by atoms with Gasteiger partial charge in [-0.15, -0.1) is 12.4 Å². The zero-order valence-corrected chi connectivity index (χ0v) is 14.8. The number of sulfonamides is 1. The number of nitrogens with one attached hydrogen (secondary N) is 2. The number of fused-ring (bicyclic) bond motifs is 2. The topological polar surface area (TPSA) is 75.3 Å². The van der Waals surface area contributed by atoms with E-state index in [1.807, 2.05) is 0 Å². The minimum atomic E-state index is -3.57. The van der Waals surface area contributed by atoms with E-state index in [0.29, 0.717) is 24.1 Å². The summed E-state index contributed by atoms with van der Waals surface area (Å²) in [5.74, 6) is -0.0445. The Balaban J connectivity index is 0.00000192. The number of rotatable bonds is 5. The molecule has 23 heavy (non-hydrogen) atoms. The molecular weight excluding hydrogens is 336 g/mol. The number of piperidine rings is 1. The highest BCUT2D eigenvalue weighted by atomic mass is 35.5. The van der Waals surface area contributed by atoms with Crippen LogP contribution in [-0.4, -0.2) is 32.3 Å². The van der Waals surface area contributed by atoms with Gasteiger partial charge in [0.15, 0.2) is 5.78 Å². The second-order valence-corrected chi connectivity index (χ2v) is 7.95. The van der Waals surface area contributed by atoms with Gasteiger partial charge in [-0.1, -0.05) is 19.1 Å². The molecule has 0 spiro atoms. The van der Waals surface area contributed by atoms with E-state index in [1.54, 1.807) is 25.1 Å². The Kier molecular flexibility index (Phi) is 5.84. The molecule has 0 saturated carbocycles. The van der Waals surface area contributed by atoms with E-state index in [9.17, 15) is 13.2 Å². The van der Waals surface area contributed by atoms with Gasteiger partial charge in [0, 0.05) is 30.1 Å². The Morgan fingerprint density at radius 2 is 1.91 bits per heavy atom. The molecule has 0 aliphatic carbocycles. The highest BCUT2D eigenvalue weighted by molar-refractivity contribution is 7.89. The van der Waals surface area contributed by atoms with Crippen molar-refractivity contribution in [3.8, 4) is 0 Å². The smallest absolute Gasteiger partial charge is 0.240 e. The van der Waals surface area contributed by atoms with E-state index in [2.05, 4.69) is 10.0 Å². The maximum atomic E-state index is 12.6. The van der Waals surface area contributed by atoms with Crippen LogP contribution < -0.4 is 10.0 Å². The van der Waals surface area contributed by atoms with Crippen molar-refractivity contribution in [2.45, 2.75) is 62.0 Å². The minimum Gasteiger partial charge on any atom is -0.311 e. The van der Waals surface area contributed by atoms with E-state index >= 15 is 0 Å². The third-order valence-corrected chi connectivity index (χ3v) is 6.10. The summed E-state index contributed by atoms with van der Waals surface area (Å²) in [6, 6.07) is 7.15. The number of carbonyl (C=O) groups is 1. The van der Waals surface area contributed by atoms with E-state index in [-0.39, 0.29) is 29.1 Å². The molecule has 5 nitrogen and oxygen atoms in total.